The normalized spacial score (nSPS) is 11.6. The van der Waals surface area contributed by atoms with Gasteiger partial charge in [0.15, 0.2) is 27.1 Å². The molecule has 0 fully saturated rings. The van der Waals surface area contributed by atoms with Crippen LogP contribution in [-0.4, -0.2) is 32.7 Å². The minimum Gasteiger partial charge on any atom is -0.503 e. The van der Waals surface area contributed by atoms with Gasteiger partial charge < -0.3 is 9.84 Å². The van der Waals surface area contributed by atoms with E-state index in [2.05, 4.69) is 15.9 Å². The number of methoxy groups -OCH3 is 1. The van der Waals surface area contributed by atoms with E-state index in [1.165, 1.54) is 37.5 Å². The average molecular weight is 411 g/mol. The predicted molar refractivity (Wildman–Crippen MR) is 95.3 cm³/mol. The maximum absolute atomic E-state index is 12.2. The molecular formula is C17H15BrO5S. The Hall–Kier alpha value is -2.12. The highest BCUT2D eigenvalue weighted by Gasteiger charge is 2.09. The number of aromatic hydroxyl groups is 1. The first-order valence-corrected chi connectivity index (χ1v) is 9.50. The van der Waals surface area contributed by atoms with Crippen molar-refractivity contribution in [2.45, 2.75) is 4.90 Å². The summed E-state index contributed by atoms with van der Waals surface area (Å²) in [5.74, 6) is 0.00420. The zero-order valence-corrected chi connectivity index (χ0v) is 15.4. The van der Waals surface area contributed by atoms with E-state index in [0.29, 0.717) is 15.6 Å². The number of phenols is 1. The predicted octanol–water partition coefficient (Wildman–Crippen LogP) is 3.46. The number of rotatable bonds is 5. The molecule has 0 radical (unpaired) electrons. The van der Waals surface area contributed by atoms with Crippen LogP contribution in [-0.2, 0) is 9.84 Å². The third-order valence-corrected chi connectivity index (χ3v) is 5.00. The molecule has 0 heterocycles. The first kappa shape index (κ1) is 18.2. The molecular weight excluding hydrogens is 396 g/mol. The Balaban J connectivity index is 2.23. The van der Waals surface area contributed by atoms with Crippen molar-refractivity contribution in [3.63, 3.8) is 0 Å². The quantitative estimate of drug-likeness (QED) is 0.602. The lowest BCUT2D eigenvalue weighted by Crippen LogP contribution is -1.99. The molecule has 0 atom stereocenters. The zero-order chi connectivity index (χ0) is 17.9. The number of benzene rings is 2. The fourth-order valence-corrected chi connectivity index (χ4v) is 3.07. The van der Waals surface area contributed by atoms with Gasteiger partial charge in [0.2, 0.25) is 0 Å². The minimum atomic E-state index is -3.29. The molecule has 0 unspecified atom stereocenters. The number of halogens is 1. The lowest BCUT2D eigenvalue weighted by molar-refractivity contribution is 0.104. The van der Waals surface area contributed by atoms with Crippen molar-refractivity contribution < 1.29 is 23.1 Å². The van der Waals surface area contributed by atoms with Crippen molar-refractivity contribution in [2.24, 2.45) is 0 Å². The van der Waals surface area contributed by atoms with Crippen LogP contribution in [0.4, 0.5) is 0 Å². The maximum atomic E-state index is 12.2. The Morgan fingerprint density at radius 1 is 1.21 bits per heavy atom. The van der Waals surface area contributed by atoms with E-state index in [1.807, 2.05) is 0 Å². The Bertz CT molecular complexity index is 899. The Morgan fingerprint density at radius 2 is 1.83 bits per heavy atom. The monoisotopic (exact) mass is 410 g/mol. The average Bonchev–Trinajstić information content (AvgIpc) is 2.54. The number of hydrogen-bond acceptors (Lipinski definition) is 5. The number of phenolic OH excluding ortho intramolecular Hbond substituents is 1. The van der Waals surface area contributed by atoms with Crippen LogP contribution in [0.25, 0.3) is 6.08 Å². The van der Waals surface area contributed by atoms with Gasteiger partial charge in [0.25, 0.3) is 0 Å². The fourth-order valence-electron chi connectivity index (χ4n) is 1.98. The maximum Gasteiger partial charge on any atom is 0.185 e. The molecule has 0 spiro atoms. The molecule has 0 saturated heterocycles. The molecule has 0 bridgehead atoms. The van der Waals surface area contributed by atoms with Gasteiger partial charge in [0, 0.05) is 11.8 Å². The van der Waals surface area contributed by atoms with E-state index in [0.717, 1.165) is 6.26 Å². The van der Waals surface area contributed by atoms with E-state index in [1.54, 1.807) is 18.2 Å². The summed E-state index contributed by atoms with van der Waals surface area (Å²) < 4.78 is 28.3. The summed E-state index contributed by atoms with van der Waals surface area (Å²) in [6.45, 7) is 0. The first-order chi connectivity index (χ1) is 11.2. The number of ketones is 1. The van der Waals surface area contributed by atoms with Crippen molar-refractivity contribution in [3.05, 3.63) is 58.1 Å². The van der Waals surface area contributed by atoms with Gasteiger partial charge in [-0.2, -0.15) is 0 Å². The fraction of sp³-hybridized carbons (Fsp3) is 0.118. The van der Waals surface area contributed by atoms with Gasteiger partial charge in [-0.05, 0) is 64.0 Å². The van der Waals surface area contributed by atoms with Gasteiger partial charge in [-0.3, -0.25) is 4.79 Å². The molecule has 2 rings (SSSR count). The van der Waals surface area contributed by atoms with E-state index < -0.39 is 9.84 Å². The van der Waals surface area contributed by atoms with E-state index in [-0.39, 0.29) is 22.2 Å². The molecule has 1 N–H and O–H groups in total. The van der Waals surface area contributed by atoms with Gasteiger partial charge in [-0.25, -0.2) is 8.42 Å². The number of ether oxygens (including phenoxy) is 1. The number of carbonyl (C=O) groups is 1. The zero-order valence-electron chi connectivity index (χ0n) is 13.0. The molecule has 0 aliphatic heterocycles. The third kappa shape index (κ3) is 4.24. The topological polar surface area (TPSA) is 80.7 Å². The molecule has 5 nitrogen and oxygen atoms in total. The SMILES string of the molecule is COc1cc(/C=C/C(=O)c2ccc(S(C)(=O)=O)cc2)cc(Br)c1O. The van der Waals surface area contributed by atoms with Gasteiger partial charge in [0.1, 0.15) is 0 Å². The van der Waals surface area contributed by atoms with Gasteiger partial charge in [0.05, 0.1) is 16.5 Å². The summed E-state index contributed by atoms with van der Waals surface area (Å²) in [7, 11) is -1.86. The van der Waals surface area contributed by atoms with Crippen LogP contribution >= 0.6 is 15.9 Å². The van der Waals surface area contributed by atoms with Crippen LogP contribution in [0.5, 0.6) is 11.5 Å². The number of carbonyl (C=O) groups excluding carboxylic acids is 1. The number of allylic oxidation sites excluding steroid dienone is 1. The van der Waals surface area contributed by atoms with Gasteiger partial charge in [-0.15, -0.1) is 0 Å². The summed E-state index contributed by atoms with van der Waals surface area (Å²) in [5, 5.41) is 9.76. The molecule has 0 amide bonds. The van der Waals surface area contributed by atoms with Gasteiger partial charge >= 0.3 is 0 Å². The van der Waals surface area contributed by atoms with Crippen molar-refractivity contribution in [3.8, 4) is 11.5 Å². The molecule has 0 saturated carbocycles. The van der Waals surface area contributed by atoms with E-state index in [9.17, 15) is 18.3 Å². The molecule has 0 aliphatic rings. The molecule has 7 heteroatoms. The smallest absolute Gasteiger partial charge is 0.185 e. The summed E-state index contributed by atoms with van der Waals surface area (Å²) in [5.41, 5.74) is 1.04. The second kappa shape index (κ2) is 7.19. The molecule has 2 aromatic carbocycles. The van der Waals surface area contributed by atoms with E-state index in [4.69, 9.17) is 4.74 Å². The minimum absolute atomic E-state index is 0.0164. The highest BCUT2D eigenvalue weighted by atomic mass is 79.9. The highest BCUT2D eigenvalue weighted by Crippen LogP contribution is 2.35. The van der Waals surface area contributed by atoms with Gasteiger partial charge in [-0.1, -0.05) is 6.08 Å². The summed E-state index contributed by atoms with van der Waals surface area (Å²) in [6.07, 6.45) is 4.06. The highest BCUT2D eigenvalue weighted by molar-refractivity contribution is 9.10. The molecule has 24 heavy (non-hydrogen) atoms. The first-order valence-electron chi connectivity index (χ1n) is 6.81. The summed E-state index contributed by atoms with van der Waals surface area (Å²) >= 11 is 3.21. The number of hydrogen-bond donors (Lipinski definition) is 1. The number of sulfone groups is 1. The Morgan fingerprint density at radius 3 is 2.38 bits per heavy atom. The van der Waals surface area contributed by atoms with Crippen molar-refractivity contribution in [1.29, 1.82) is 0 Å². The van der Waals surface area contributed by atoms with Crippen LogP contribution < -0.4 is 4.74 Å². The second-order valence-electron chi connectivity index (χ2n) is 5.05. The largest absolute Gasteiger partial charge is 0.503 e. The van der Waals surface area contributed by atoms with Crippen LogP contribution in [0.2, 0.25) is 0 Å². The van der Waals surface area contributed by atoms with Crippen molar-refractivity contribution >= 4 is 37.6 Å². The Labute approximate surface area is 148 Å². The molecule has 2 aromatic rings. The molecule has 0 aromatic heterocycles. The van der Waals surface area contributed by atoms with Crippen molar-refractivity contribution in [1.82, 2.24) is 0 Å². The van der Waals surface area contributed by atoms with Crippen LogP contribution in [0.15, 0.2) is 51.8 Å². The Kier molecular flexibility index (Phi) is 5.46. The third-order valence-electron chi connectivity index (χ3n) is 3.26. The standard InChI is InChI=1S/C17H15BrO5S/c1-23-16-10-11(9-14(18)17(16)20)3-8-15(19)12-4-6-13(7-5-12)24(2,21)22/h3-10,20H,1-2H3/b8-3+. The van der Waals surface area contributed by atoms with Crippen molar-refractivity contribution in [2.75, 3.05) is 13.4 Å². The molecule has 0 aliphatic carbocycles. The lowest BCUT2D eigenvalue weighted by Gasteiger charge is -2.06. The van der Waals surface area contributed by atoms with Crippen LogP contribution in [0.3, 0.4) is 0 Å². The summed E-state index contributed by atoms with van der Waals surface area (Å²) in [6, 6.07) is 8.98. The van der Waals surface area contributed by atoms with E-state index >= 15 is 0 Å². The summed E-state index contributed by atoms with van der Waals surface area (Å²) in [4.78, 5) is 12.3. The van der Waals surface area contributed by atoms with Crippen LogP contribution in [0, 0.1) is 0 Å². The molecule has 126 valence electrons. The lowest BCUT2D eigenvalue weighted by atomic mass is 10.1. The van der Waals surface area contributed by atoms with Crippen LogP contribution in [0.1, 0.15) is 15.9 Å². The second-order valence-corrected chi connectivity index (χ2v) is 7.92.